The van der Waals surface area contributed by atoms with Crippen molar-refractivity contribution in [2.75, 3.05) is 14.2 Å². The average molecular weight is 223 g/mol. The van der Waals surface area contributed by atoms with Gasteiger partial charge in [-0.2, -0.15) is 0 Å². The zero-order chi connectivity index (χ0) is 5.91. The summed E-state index contributed by atoms with van der Waals surface area (Å²) in [5, 5.41) is 0. The van der Waals surface area contributed by atoms with Crippen molar-refractivity contribution in [1.29, 1.82) is 0 Å². The molecule has 0 spiro atoms. The van der Waals surface area contributed by atoms with E-state index in [0.717, 1.165) is 0 Å². The van der Waals surface area contributed by atoms with Gasteiger partial charge in [0.25, 0.3) is 0 Å². The molecule has 0 aliphatic carbocycles. The third-order valence-electron chi connectivity index (χ3n) is 0.447. The monoisotopic (exact) mass is 221 g/mol. The van der Waals surface area contributed by atoms with Crippen LogP contribution in [0.5, 0.6) is 0 Å². The Hall–Kier alpha value is 1.54. The predicted molar refractivity (Wildman–Crippen MR) is 35.7 cm³/mol. The van der Waals surface area contributed by atoms with Crippen LogP contribution in [0.25, 0.3) is 0 Å². The molecule has 2 nitrogen and oxygen atoms in total. The van der Waals surface area contributed by atoms with Gasteiger partial charge in [-0.3, -0.25) is 0 Å². The molecule has 0 aromatic rings. The van der Waals surface area contributed by atoms with Gasteiger partial charge < -0.3 is 21.3 Å². The second-order valence-corrected chi connectivity index (χ2v) is 6.01. The van der Waals surface area contributed by atoms with Crippen LogP contribution in [-0.4, -0.2) is 14.2 Å². The van der Waals surface area contributed by atoms with E-state index in [-0.39, 0.29) is 19.5 Å². The Morgan fingerprint density at radius 2 is 1.62 bits per heavy atom. The third kappa shape index (κ3) is 5.68. The van der Waals surface area contributed by atoms with E-state index in [1.165, 1.54) is 14.2 Å². The second-order valence-electron chi connectivity index (χ2n) is 0.812. The first kappa shape index (κ1) is 12.2. The Bertz CT molecular complexity index is 90.0. The maximum absolute atomic E-state index is 4.63. The van der Waals surface area contributed by atoms with Crippen molar-refractivity contribution in [1.82, 2.24) is 0 Å². The zero-order valence-electron chi connectivity index (χ0n) is 4.79. The maximum Gasteiger partial charge on any atom is 0.0555 e. The Kier molecular flexibility index (Phi) is 8.17. The van der Waals surface area contributed by atoms with Gasteiger partial charge in [0.2, 0.25) is 0 Å². The minimum absolute atomic E-state index is 0. The third-order valence-corrected chi connectivity index (χ3v) is 3.13. The van der Waals surface area contributed by atoms with Crippen LogP contribution < -0.4 is 0 Å². The molecule has 0 radical (unpaired) electrons. The molecule has 0 aliphatic heterocycles. The molecule has 0 aromatic heterocycles. The van der Waals surface area contributed by atoms with Crippen molar-refractivity contribution in [2.45, 2.75) is 0 Å². The molecule has 0 aromatic carbocycles. The standard InChI is InChI=1S/C2H7O2PS2.Zn/c1-3-5(6,7)4-2;/h1-2H3,(H,6,7);/p-1. The fourth-order valence-corrected chi connectivity index (χ4v) is 0.224. The summed E-state index contributed by atoms with van der Waals surface area (Å²) < 4.78 is 9.21. The van der Waals surface area contributed by atoms with Crippen molar-refractivity contribution in [3.63, 3.8) is 0 Å². The Morgan fingerprint density at radius 1 is 1.38 bits per heavy atom. The van der Waals surface area contributed by atoms with Gasteiger partial charge in [-0.05, 0) is 0 Å². The first-order valence-corrected chi connectivity index (χ1v) is 5.20. The van der Waals surface area contributed by atoms with Crippen molar-refractivity contribution < 1.29 is 28.5 Å². The molecule has 0 rings (SSSR count). The summed E-state index contributed by atoms with van der Waals surface area (Å²) in [4.78, 5) is 0. The van der Waals surface area contributed by atoms with Gasteiger partial charge in [0.05, 0.1) is 5.69 Å². The fourth-order valence-electron chi connectivity index (χ4n) is 0.0745. The van der Waals surface area contributed by atoms with Gasteiger partial charge in [-0.1, -0.05) is 11.8 Å². The summed E-state index contributed by atoms with van der Waals surface area (Å²) in [5.74, 6) is 0. The number of rotatable bonds is 2. The Morgan fingerprint density at radius 3 is 1.62 bits per heavy atom. The maximum atomic E-state index is 4.63. The van der Waals surface area contributed by atoms with E-state index in [9.17, 15) is 0 Å². The van der Waals surface area contributed by atoms with E-state index < -0.39 is 5.69 Å². The summed E-state index contributed by atoms with van der Waals surface area (Å²) in [5.41, 5.74) is -2.24. The van der Waals surface area contributed by atoms with Crippen LogP contribution in [0.1, 0.15) is 0 Å². The molecule has 0 fully saturated rings. The SMILES string of the molecule is COP(=S)([S-])OC.[Zn]. The molecule has 0 bridgehead atoms. The normalized spacial score (nSPS) is 10.4. The fraction of sp³-hybridized carbons (Fsp3) is 1.00. The van der Waals surface area contributed by atoms with E-state index in [4.69, 9.17) is 0 Å². The van der Waals surface area contributed by atoms with Gasteiger partial charge in [0.15, 0.2) is 0 Å². The van der Waals surface area contributed by atoms with Gasteiger partial charge >= 0.3 is 0 Å². The molecule has 0 amide bonds. The van der Waals surface area contributed by atoms with E-state index in [1.54, 1.807) is 0 Å². The van der Waals surface area contributed by atoms with Gasteiger partial charge in [0.1, 0.15) is 0 Å². The molecule has 0 saturated heterocycles. The van der Waals surface area contributed by atoms with Crippen molar-refractivity contribution >= 4 is 29.7 Å². The van der Waals surface area contributed by atoms with E-state index in [0.29, 0.717) is 0 Å². The molecule has 8 heavy (non-hydrogen) atoms. The summed E-state index contributed by atoms with van der Waals surface area (Å²) in [6, 6.07) is 0. The van der Waals surface area contributed by atoms with Crippen LogP contribution in [-0.2, 0) is 52.6 Å². The summed E-state index contributed by atoms with van der Waals surface area (Å²) >= 11 is 9.25. The molecule has 46 valence electrons. The molecule has 0 saturated carbocycles. The second kappa shape index (κ2) is 5.34. The Balaban J connectivity index is 0. The first-order chi connectivity index (χ1) is 3.12. The van der Waals surface area contributed by atoms with Gasteiger partial charge in [-0.25, -0.2) is 0 Å². The molecule has 0 unspecified atom stereocenters. The van der Waals surface area contributed by atoms with Gasteiger partial charge in [0, 0.05) is 33.7 Å². The van der Waals surface area contributed by atoms with E-state index >= 15 is 0 Å². The van der Waals surface area contributed by atoms with Crippen molar-refractivity contribution in [2.24, 2.45) is 0 Å². The van der Waals surface area contributed by atoms with Crippen molar-refractivity contribution in [3.05, 3.63) is 0 Å². The first-order valence-electron chi connectivity index (χ1n) is 1.55. The minimum atomic E-state index is -2.24. The summed E-state index contributed by atoms with van der Waals surface area (Å²) in [6.07, 6.45) is 0. The molecule has 0 heterocycles. The van der Waals surface area contributed by atoms with Crippen LogP contribution in [0.3, 0.4) is 0 Å². The molecule has 0 N–H and O–H groups in total. The largest absolute Gasteiger partial charge is 0.691 e. The smallest absolute Gasteiger partial charge is 0.0555 e. The molecule has 0 aliphatic rings. The average Bonchev–Trinajstić information content (AvgIpc) is 1.68. The molecular formula is C2H6O2PS2Zn-. The van der Waals surface area contributed by atoms with E-state index in [1.807, 2.05) is 0 Å². The van der Waals surface area contributed by atoms with Crippen molar-refractivity contribution in [3.8, 4) is 0 Å². The summed E-state index contributed by atoms with van der Waals surface area (Å²) in [7, 11) is 2.91. The van der Waals surface area contributed by atoms with Crippen LogP contribution in [0.4, 0.5) is 0 Å². The molecule has 6 heteroatoms. The predicted octanol–water partition coefficient (Wildman–Crippen LogP) is 1.05. The van der Waals surface area contributed by atoms with Crippen LogP contribution in [0.2, 0.25) is 0 Å². The van der Waals surface area contributed by atoms with Gasteiger partial charge in [-0.15, -0.1) is 0 Å². The van der Waals surface area contributed by atoms with Crippen LogP contribution in [0, 0.1) is 0 Å². The quantitative estimate of drug-likeness (QED) is 0.395. The zero-order valence-corrected chi connectivity index (χ0v) is 10.3. The topological polar surface area (TPSA) is 18.5 Å². The van der Waals surface area contributed by atoms with Crippen LogP contribution in [0.15, 0.2) is 0 Å². The van der Waals surface area contributed by atoms with E-state index in [2.05, 4.69) is 33.1 Å². The number of hydrogen-bond donors (Lipinski definition) is 0. The number of hydrogen-bond acceptors (Lipinski definition) is 4. The minimum Gasteiger partial charge on any atom is -0.691 e. The van der Waals surface area contributed by atoms with Crippen LogP contribution >= 0.6 is 5.69 Å². The molecular weight excluding hydrogens is 217 g/mol. The molecule has 0 atom stereocenters. The summed E-state index contributed by atoms with van der Waals surface area (Å²) in [6.45, 7) is 0. The Labute approximate surface area is 72.4 Å².